The number of benzene rings is 2. The van der Waals surface area contributed by atoms with E-state index in [0.29, 0.717) is 21.7 Å². The lowest BCUT2D eigenvalue weighted by Crippen LogP contribution is -2.25. The predicted molar refractivity (Wildman–Crippen MR) is 106 cm³/mol. The van der Waals surface area contributed by atoms with Gasteiger partial charge in [0.2, 0.25) is 0 Å². The average molecular weight is 462 g/mol. The molecule has 0 unspecified atom stereocenters. The lowest BCUT2D eigenvalue weighted by atomic mass is 10.2. The first kappa shape index (κ1) is 20.6. The normalized spacial score (nSPS) is 11.1. The van der Waals surface area contributed by atoms with Crippen molar-refractivity contribution in [1.29, 1.82) is 0 Å². The van der Waals surface area contributed by atoms with Crippen LogP contribution in [0.4, 0.5) is 22.7 Å². The van der Waals surface area contributed by atoms with Gasteiger partial charge in [0.15, 0.2) is 0 Å². The van der Waals surface area contributed by atoms with Crippen LogP contribution < -0.4 is 4.90 Å². The van der Waals surface area contributed by atoms with Crippen molar-refractivity contribution in [2.75, 3.05) is 24.6 Å². The molecule has 0 aromatic heterocycles. The van der Waals surface area contributed by atoms with Crippen molar-refractivity contribution >= 4 is 61.9 Å². The van der Waals surface area contributed by atoms with E-state index in [2.05, 4.69) is 26.2 Å². The molecule has 26 heavy (non-hydrogen) atoms. The summed E-state index contributed by atoms with van der Waals surface area (Å²) in [6.07, 6.45) is 0. The zero-order chi connectivity index (χ0) is 19.3. The highest BCUT2D eigenvalue weighted by molar-refractivity contribution is 9.10. The number of nitro groups is 1. The molecule has 138 valence electrons. The number of hydrogen-bond acceptors (Lipinski definition) is 6. The molecule has 0 radical (unpaired) electrons. The number of nitrogens with zero attached hydrogens (tertiary/aromatic N) is 4. The third-order valence-corrected chi connectivity index (χ3v) is 4.71. The van der Waals surface area contributed by atoms with Crippen molar-refractivity contribution in [2.45, 2.75) is 6.92 Å². The molecule has 0 heterocycles. The van der Waals surface area contributed by atoms with Gasteiger partial charge in [-0.2, -0.15) is 0 Å². The van der Waals surface area contributed by atoms with E-state index in [1.165, 1.54) is 12.1 Å². The number of aliphatic hydroxyl groups is 1. The second kappa shape index (κ2) is 9.27. The summed E-state index contributed by atoms with van der Waals surface area (Å²) in [4.78, 5) is 12.3. The van der Waals surface area contributed by atoms with Crippen LogP contribution in [0.3, 0.4) is 0 Å². The van der Waals surface area contributed by atoms with Gasteiger partial charge in [0.1, 0.15) is 11.4 Å². The number of halogens is 3. The molecule has 0 saturated heterocycles. The Morgan fingerprint density at radius 3 is 2.50 bits per heavy atom. The van der Waals surface area contributed by atoms with Crippen LogP contribution in [0.1, 0.15) is 6.92 Å². The Hall–Kier alpha value is -1.74. The number of nitro benzene ring substituents is 1. The largest absolute Gasteiger partial charge is 0.395 e. The summed E-state index contributed by atoms with van der Waals surface area (Å²) in [5.74, 6) is 0. The van der Waals surface area contributed by atoms with Crippen LogP contribution in [0.5, 0.6) is 0 Å². The molecule has 0 spiro atoms. The van der Waals surface area contributed by atoms with E-state index in [9.17, 15) is 10.1 Å². The maximum atomic E-state index is 10.8. The van der Waals surface area contributed by atoms with Crippen LogP contribution in [-0.4, -0.2) is 29.7 Å². The topological polar surface area (TPSA) is 91.3 Å². The molecule has 2 rings (SSSR count). The number of non-ortho nitro benzene ring substituents is 1. The van der Waals surface area contributed by atoms with E-state index in [4.69, 9.17) is 28.3 Å². The molecule has 0 aliphatic rings. The fraction of sp³-hybridized carbons (Fsp3) is 0.250. The maximum absolute atomic E-state index is 10.8. The molecule has 0 saturated carbocycles. The Bertz CT molecular complexity index is 825. The monoisotopic (exact) mass is 460 g/mol. The van der Waals surface area contributed by atoms with Gasteiger partial charge < -0.3 is 10.0 Å². The number of rotatable bonds is 7. The maximum Gasteiger partial charge on any atom is 0.272 e. The van der Waals surface area contributed by atoms with Crippen LogP contribution in [-0.2, 0) is 0 Å². The molecule has 2 aromatic carbocycles. The van der Waals surface area contributed by atoms with Crippen LogP contribution in [0.2, 0.25) is 10.0 Å². The van der Waals surface area contributed by atoms with Crippen LogP contribution in [0.15, 0.2) is 45.0 Å². The molecular weight excluding hydrogens is 447 g/mol. The van der Waals surface area contributed by atoms with Crippen molar-refractivity contribution in [3.8, 4) is 0 Å². The summed E-state index contributed by atoms with van der Waals surface area (Å²) in [6.45, 7) is 3.24. The summed E-state index contributed by atoms with van der Waals surface area (Å²) in [7, 11) is 0. The highest BCUT2D eigenvalue weighted by Crippen LogP contribution is 2.39. The number of azo groups is 1. The Labute approximate surface area is 168 Å². The van der Waals surface area contributed by atoms with Gasteiger partial charge in [-0.1, -0.05) is 23.2 Å². The zero-order valence-electron chi connectivity index (χ0n) is 13.7. The summed E-state index contributed by atoms with van der Waals surface area (Å²) in [5, 5.41) is 28.6. The fourth-order valence-corrected chi connectivity index (χ4v) is 3.33. The van der Waals surface area contributed by atoms with Gasteiger partial charge in [-0.15, -0.1) is 10.2 Å². The van der Waals surface area contributed by atoms with E-state index < -0.39 is 4.92 Å². The molecule has 7 nitrogen and oxygen atoms in total. The highest BCUT2D eigenvalue weighted by Gasteiger charge is 2.14. The number of hydrogen-bond donors (Lipinski definition) is 1. The standard InChI is InChI=1S/C16H15BrCl2N4O3/c1-2-22(5-6-24)10-3-4-15(13(18)8-10)20-21-16-12(17)7-11(23(25)26)9-14(16)19/h3-4,7-9,24H,2,5-6H2,1H3. The summed E-state index contributed by atoms with van der Waals surface area (Å²) in [5.41, 5.74) is 1.41. The first-order chi connectivity index (χ1) is 12.4. The van der Waals surface area contributed by atoms with E-state index in [1.807, 2.05) is 17.9 Å². The minimum Gasteiger partial charge on any atom is -0.395 e. The molecule has 10 heteroatoms. The average Bonchev–Trinajstić information content (AvgIpc) is 2.59. The number of anilines is 1. The van der Waals surface area contributed by atoms with E-state index in [1.54, 1.807) is 12.1 Å². The van der Waals surface area contributed by atoms with Gasteiger partial charge in [-0.25, -0.2) is 0 Å². The second-order valence-electron chi connectivity index (χ2n) is 5.15. The van der Waals surface area contributed by atoms with Crippen molar-refractivity contribution in [1.82, 2.24) is 0 Å². The van der Waals surface area contributed by atoms with Gasteiger partial charge in [0.25, 0.3) is 5.69 Å². The SMILES string of the molecule is CCN(CCO)c1ccc(N=Nc2c(Cl)cc([N+](=O)[O-])cc2Br)c(Cl)c1. The molecule has 2 aromatic rings. The molecule has 0 fully saturated rings. The quantitative estimate of drug-likeness (QED) is 0.315. The third kappa shape index (κ3) is 4.91. The Balaban J connectivity index is 2.30. The van der Waals surface area contributed by atoms with E-state index >= 15 is 0 Å². The van der Waals surface area contributed by atoms with Crippen molar-refractivity contribution < 1.29 is 10.0 Å². The lowest BCUT2D eigenvalue weighted by molar-refractivity contribution is -0.384. The van der Waals surface area contributed by atoms with Crippen molar-refractivity contribution in [3.05, 3.63) is 55.0 Å². The fourth-order valence-electron chi connectivity index (χ4n) is 2.22. The Morgan fingerprint density at radius 1 is 1.23 bits per heavy atom. The zero-order valence-corrected chi connectivity index (χ0v) is 16.8. The van der Waals surface area contributed by atoms with Gasteiger partial charge in [0, 0.05) is 30.9 Å². The predicted octanol–water partition coefficient (Wildman–Crippen LogP) is 5.90. The minimum absolute atomic E-state index is 0.0413. The van der Waals surface area contributed by atoms with Crippen LogP contribution >= 0.6 is 39.1 Å². The van der Waals surface area contributed by atoms with Gasteiger partial charge in [-0.3, -0.25) is 10.1 Å². The second-order valence-corrected chi connectivity index (χ2v) is 6.82. The van der Waals surface area contributed by atoms with Gasteiger partial charge in [-0.05, 0) is 41.1 Å². The van der Waals surface area contributed by atoms with E-state index in [0.717, 1.165) is 12.2 Å². The minimum atomic E-state index is -0.543. The molecule has 1 N–H and O–H groups in total. The van der Waals surface area contributed by atoms with E-state index in [-0.39, 0.29) is 23.0 Å². The summed E-state index contributed by atoms with van der Waals surface area (Å²) >= 11 is 15.5. The Morgan fingerprint density at radius 2 is 1.96 bits per heavy atom. The van der Waals surface area contributed by atoms with Crippen molar-refractivity contribution in [3.63, 3.8) is 0 Å². The molecule has 0 atom stereocenters. The van der Waals surface area contributed by atoms with Crippen LogP contribution in [0.25, 0.3) is 0 Å². The molecule has 0 bridgehead atoms. The first-order valence-corrected chi connectivity index (χ1v) is 9.12. The Kier molecular flexibility index (Phi) is 7.33. The van der Waals surface area contributed by atoms with Gasteiger partial charge >= 0.3 is 0 Å². The number of aliphatic hydroxyl groups excluding tert-OH is 1. The van der Waals surface area contributed by atoms with Crippen LogP contribution in [0, 0.1) is 10.1 Å². The van der Waals surface area contributed by atoms with Gasteiger partial charge in [0.05, 0.1) is 26.0 Å². The number of likely N-dealkylation sites (N-methyl/N-ethyl adjacent to an activating group) is 1. The molecular formula is C16H15BrCl2N4O3. The molecule has 0 aliphatic heterocycles. The smallest absolute Gasteiger partial charge is 0.272 e. The lowest BCUT2D eigenvalue weighted by Gasteiger charge is -2.22. The third-order valence-electron chi connectivity index (χ3n) is 3.52. The molecule has 0 amide bonds. The summed E-state index contributed by atoms with van der Waals surface area (Å²) in [6, 6.07) is 7.78. The first-order valence-electron chi connectivity index (χ1n) is 7.58. The highest BCUT2D eigenvalue weighted by atomic mass is 79.9. The molecule has 0 aliphatic carbocycles. The summed E-state index contributed by atoms with van der Waals surface area (Å²) < 4.78 is 0.355. The van der Waals surface area contributed by atoms with Crippen molar-refractivity contribution in [2.24, 2.45) is 10.2 Å².